The van der Waals surface area contributed by atoms with Crippen LogP contribution in [0.15, 0.2) is 48.5 Å². The maximum absolute atomic E-state index is 10.7. The molecule has 3 nitrogen and oxygen atoms in total. The van der Waals surface area contributed by atoms with Gasteiger partial charge in [0, 0.05) is 25.2 Å². The molecule has 0 amide bonds. The van der Waals surface area contributed by atoms with Crippen molar-refractivity contribution in [2.24, 2.45) is 0 Å². The summed E-state index contributed by atoms with van der Waals surface area (Å²) >= 11 is 0. The van der Waals surface area contributed by atoms with Gasteiger partial charge in [0.15, 0.2) is 0 Å². The van der Waals surface area contributed by atoms with Gasteiger partial charge in [-0.2, -0.15) is 0 Å². The number of aliphatic carboxylic acids is 1. The van der Waals surface area contributed by atoms with Crippen LogP contribution in [0.1, 0.15) is 23.1 Å². The first-order valence-electron chi connectivity index (χ1n) is 7.35. The van der Waals surface area contributed by atoms with Gasteiger partial charge in [-0.05, 0) is 41.7 Å². The van der Waals surface area contributed by atoms with Gasteiger partial charge < -0.3 is 10.0 Å². The van der Waals surface area contributed by atoms with Crippen LogP contribution in [-0.4, -0.2) is 17.6 Å². The van der Waals surface area contributed by atoms with E-state index in [1.807, 2.05) is 6.07 Å². The fourth-order valence-corrected chi connectivity index (χ4v) is 2.87. The number of rotatable bonds is 4. The number of anilines is 1. The molecule has 0 atom stereocenters. The van der Waals surface area contributed by atoms with Gasteiger partial charge in [0.05, 0.1) is 0 Å². The number of hydrogen-bond acceptors (Lipinski definition) is 2. The van der Waals surface area contributed by atoms with Crippen LogP contribution in [0.4, 0.5) is 5.69 Å². The van der Waals surface area contributed by atoms with Gasteiger partial charge >= 0.3 is 5.97 Å². The molecule has 0 saturated heterocycles. The highest BCUT2D eigenvalue weighted by Crippen LogP contribution is 2.25. The van der Waals surface area contributed by atoms with E-state index in [1.54, 1.807) is 0 Å². The molecule has 1 N–H and O–H groups in total. The number of carboxylic acids is 1. The van der Waals surface area contributed by atoms with Crippen molar-refractivity contribution < 1.29 is 9.90 Å². The maximum atomic E-state index is 10.7. The quantitative estimate of drug-likeness (QED) is 0.935. The van der Waals surface area contributed by atoms with Crippen LogP contribution in [0, 0.1) is 0 Å². The lowest BCUT2D eigenvalue weighted by molar-refractivity contribution is -0.136. The second-order valence-electron chi connectivity index (χ2n) is 5.50. The van der Waals surface area contributed by atoms with Gasteiger partial charge in [0.25, 0.3) is 0 Å². The Bertz CT molecular complexity index is 637. The minimum atomic E-state index is -0.733. The molecule has 2 aromatic rings. The van der Waals surface area contributed by atoms with E-state index in [2.05, 4.69) is 47.4 Å². The Hall–Kier alpha value is -2.29. The van der Waals surface area contributed by atoms with Crippen molar-refractivity contribution >= 4 is 11.7 Å². The second kappa shape index (κ2) is 6.00. The molecule has 0 radical (unpaired) electrons. The summed E-state index contributed by atoms with van der Waals surface area (Å²) in [4.78, 5) is 13.0. The molecule has 0 aliphatic carbocycles. The number of fused-ring (bicyclic) bond motifs is 1. The monoisotopic (exact) mass is 281 g/mol. The van der Waals surface area contributed by atoms with E-state index in [0.717, 1.165) is 25.1 Å². The highest BCUT2D eigenvalue weighted by molar-refractivity contribution is 5.67. The first-order valence-corrected chi connectivity index (χ1v) is 7.35. The van der Waals surface area contributed by atoms with Crippen LogP contribution in [0.3, 0.4) is 0 Å². The number of para-hydroxylation sites is 1. The van der Waals surface area contributed by atoms with E-state index in [0.29, 0.717) is 6.42 Å². The van der Waals surface area contributed by atoms with Gasteiger partial charge in [-0.15, -0.1) is 0 Å². The normalized spacial score (nSPS) is 13.8. The Morgan fingerprint density at radius 1 is 1.10 bits per heavy atom. The van der Waals surface area contributed by atoms with Gasteiger partial charge in [-0.3, -0.25) is 4.79 Å². The third kappa shape index (κ3) is 3.24. The molecule has 0 bridgehead atoms. The fourth-order valence-electron chi connectivity index (χ4n) is 2.87. The van der Waals surface area contributed by atoms with Crippen LogP contribution < -0.4 is 4.90 Å². The predicted molar refractivity (Wildman–Crippen MR) is 83.6 cm³/mol. The van der Waals surface area contributed by atoms with Crippen molar-refractivity contribution in [3.05, 3.63) is 65.2 Å². The summed E-state index contributed by atoms with van der Waals surface area (Å²) in [6.07, 6.45) is 1.84. The lowest BCUT2D eigenvalue weighted by Crippen LogP contribution is -2.30. The molecule has 0 fully saturated rings. The average molecular weight is 281 g/mol. The Morgan fingerprint density at radius 3 is 2.67 bits per heavy atom. The molecule has 0 aromatic heterocycles. The van der Waals surface area contributed by atoms with E-state index < -0.39 is 5.97 Å². The van der Waals surface area contributed by atoms with Crippen LogP contribution in [0.2, 0.25) is 0 Å². The summed E-state index contributed by atoms with van der Waals surface area (Å²) in [6, 6.07) is 16.9. The summed E-state index contributed by atoms with van der Waals surface area (Å²) in [5.41, 5.74) is 5.11. The molecule has 1 aliphatic rings. The van der Waals surface area contributed by atoms with Crippen LogP contribution in [0.5, 0.6) is 0 Å². The molecule has 108 valence electrons. The van der Waals surface area contributed by atoms with E-state index in [-0.39, 0.29) is 6.42 Å². The molecule has 0 unspecified atom stereocenters. The maximum Gasteiger partial charge on any atom is 0.303 e. The smallest absolute Gasteiger partial charge is 0.303 e. The SMILES string of the molecule is O=C(O)CCc1ccc2c(c1)CCN(c1ccccc1)C2. The molecule has 3 rings (SSSR count). The van der Waals surface area contributed by atoms with Crippen molar-refractivity contribution in [2.45, 2.75) is 25.8 Å². The number of benzene rings is 2. The van der Waals surface area contributed by atoms with E-state index in [1.165, 1.54) is 16.8 Å². The summed E-state index contributed by atoms with van der Waals surface area (Å²) in [6.45, 7) is 1.94. The zero-order valence-electron chi connectivity index (χ0n) is 12.0. The third-order valence-corrected chi connectivity index (χ3v) is 4.03. The van der Waals surface area contributed by atoms with Crippen LogP contribution >= 0.6 is 0 Å². The lowest BCUT2D eigenvalue weighted by atomic mass is 9.95. The second-order valence-corrected chi connectivity index (χ2v) is 5.50. The first-order chi connectivity index (χ1) is 10.2. The van der Waals surface area contributed by atoms with Crippen molar-refractivity contribution in [1.29, 1.82) is 0 Å². The standard InChI is InChI=1S/C18H19NO2/c20-18(21)9-7-14-6-8-16-13-19(11-10-15(16)12-14)17-4-2-1-3-5-17/h1-6,8,12H,7,9-11,13H2,(H,20,21). The largest absolute Gasteiger partial charge is 0.481 e. The molecule has 1 heterocycles. The third-order valence-electron chi connectivity index (χ3n) is 4.03. The predicted octanol–water partition coefficient (Wildman–Crippen LogP) is 3.27. The lowest BCUT2D eigenvalue weighted by Gasteiger charge is -2.31. The Balaban J connectivity index is 1.74. The minimum Gasteiger partial charge on any atom is -0.481 e. The zero-order chi connectivity index (χ0) is 14.7. The van der Waals surface area contributed by atoms with Gasteiger partial charge in [-0.25, -0.2) is 0 Å². The number of aryl methyl sites for hydroxylation is 1. The number of nitrogens with zero attached hydrogens (tertiary/aromatic N) is 1. The van der Waals surface area contributed by atoms with E-state index in [9.17, 15) is 4.79 Å². The van der Waals surface area contributed by atoms with Crippen molar-refractivity contribution in [1.82, 2.24) is 0 Å². The average Bonchev–Trinajstić information content (AvgIpc) is 2.53. The fraction of sp³-hybridized carbons (Fsp3) is 0.278. The number of carboxylic acid groups (broad SMARTS) is 1. The van der Waals surface area contributed by atoms with E-state index in [4.69, 9.17) is 5.11 Å². The van der Waals surface area contributed by atoms with Gasteiger partial charge in [0.2, 0.25) is 0 Å². The Kier molecular flexibility index (Phi) is 3.91. The van der Waals surface area contributed by atoms with Gasteiger partial charge in [0.1, 0.15) is 0 Å². The molecular formula is C18H19NO2. The minimum absolute atomic E-state index is 0.203. The summed E-state index contributed by atoms with van der Waals surface area (Å²) in [5.74, 6) is -0.733. The zero-order valence-corrected chi connectivity index (χ0v) is 12.0. The Morgan fingerprint density at radius 2 is 1.90 bits per heavy atom. The molecule has 0 saturated carbocycles. The first kappa shape index (κ1) is 13.7. The summed E-state index contributed by atoms with van der Waals surface area (Å²) < 4.78 is 0. The molecule has 2 aromatic carbocycles. The van der Waals surface area contributed by atoms with Crippen molar-refractivity contribution in [3.63, 3.8) is 0 Å². The van der Waals surface area contributed by atoms with Crippen molar-refractivity contribution in [2.75, 3.05) is 11.4 Å². The molecular weight excluding hydrogens is 262 g/mol. The highest BCUT2D eigenvalue weighted by Gasteiger charge is 2.16. The summed E-state index contributed by atoms with van der Waals surface area (Å²) in [7, 11) is 0. The van der Waals surface area contributed by atoms with E-state index >= 15 is 0 Å². The molecule has 3 heteroatoms. The van der Waals surface area contributed by atoms with Gasteiger partial charge in [-0.1, -0.05) is 36.4 Å². The highest BCUT2D eigenvalue weighted by atomic mass is 16.4. The summed E-state index contributed by atoms with van der Waals surface area (Å²) in [5, 5.41) is 8.77. The van der Waals surface area contributed by atoms with Crippen molar-refractivity contribution in [3.8, 4) is 0 Å². The van der Waals surface area contributed by atoms with Crippen LogP contribution in [0.25, 0.3) is 0 Å². The number of carbonyl (C=O) groups is 1. The molecule has 0 spiro atoms. The topological polar surface area (TPSA) is 40.5 Å². The molecule has 1 aliphatic heterocycles. The Labute approximate surface area is 124 Å². The van der Waals surface area contributed by atoms with Crippen LogP contribution in [-0.2, 0) is 24.2 Å². The number of hydrogen-bond donors (Lipinski definition) is 1. The molecule has 21 heavy (non-hydrogen) atoms.